The molecule has 0 aliphatic heterocycles. The Kier molecular flexibility index (Phi) is 5.09. The third kappa shape index (κ3) is 3.43. The van der Waals surface area contributed by atoms with Gasteiger partial charge in [-0.1, -0.05) is 31.2 Å². The van der Waals surface area contributed by atoms with Crippen molar-refractivity contribution in [1.82, 2.24) is 10.2 Å². The summed E-state index contributed by atoms with van der Waals surface area (Å²) in [6.45, 7) is 2.89. The van der Waals surface area contributed by atoms with Gasteiger partial charge in [-0.2, -0.15) is 0 Å². The zero-order valence-electron chi connectivity index (χ0n) is 16.6. The molecule has 1 amide bonds. The Hall–Kier alpha value is -1.35. The van der Waals surface area contributed by atoms with Crippen LogP contribution in [0.15, 0.2) is 24.3 Å². The predicted molar refractivity (Wildman–Crippen MR) is 106 cm³/mol. The number of carbonyl (C=O) groups is 1. The number of rotatable bonds is 6. The summed E-state index contributed by atoms with van der Waals surface area (Å²) in [6, 6.07) is 9.11. The first-order valence-corrected chi connectivity index (χ1v) is 10.6. The van der Waals surface area contributed by atoms with E-state index in [0.717, 1.165) is 18.3 Å². The third-order valence-electron chi connectivity index (χ3n) is 7.40. The minimum Gasteiger partial charge on any atom is -0.354 e. The maximum Gasteiger partial charge on any atom is 0.223 e. The second-order valence-electron chi connectivity index (χ2n) is 9.28. The molecule has 0 spiro atoms. The molecule has 1 aromatic rings. The number of amides is 1. The zero-order valence-corrected chi connectivity index (χ0v) is 16.6. The molecule has 1 atom stereocenters. The normalized spacial score (nSPS) is 33.5. The van der Waals surface area contributed by atoms with Crippen LogP contribution in [0.5, 0.6) is 0 Å². The van der Waals surface area contributed by atoms with E-state index in [9.17, 15) is 4.79 Å². The van der Waals surface area contributed by atoms with Crippen molar-refractivity contribution in [2.75, 3.05) is 20.6 Å². The van der Waals surface area contributed by atoms with E-state index in [1.165, 1.54) is 43.2 Å². The molecule has 4 saturated carbocycles. The molecule has 0 heterocycles. The Morgan fingerprint density at radius 3 is 2.12 bits per heavy atom. The fourth-order valence-electron chi connectivity index (χ4n) is 6.24. The quantitative estimate of drug-likeness (QED) is 0.836. The van der Waals surface area contributed by atoms with Gasteiger partial charge in [0.05, 0.1) is 6.04 Å². The predicted octanol–water partition coefficient (Wildman–Crippen LogP) is 4.04. The molecule has 1 N–H and O–H groups in total. The number of aryl methyl sites for hydroxylation is 1. The Balaban J connectivity index is 1.40. The molecule has 5 rings (SSSR count). The number of carbonyl (C=O) groups excluding carboxylic acids is 1. The van der Waals surface area contributed by atoms with Crippen molar-refractivity contribution in [2.45, 2.75) is 51.5 Å². The van der Waals surface area contributed by atoms with Gasteiger partial charge in [0.1, 0.15) is 0 Å². The van der Waals surface area contributed by atoms with Crippen LogP contribution < -0.4 is 5.32 Å². The van der Waals surface area contributed by atoms with E-state index in [4.69, 9.17) is 0 Å². The van der Waals surface area contributed by atoms with Gasteiger partial charge in [-0.15, -0.1) is 0 Å². The smallest absolute Gasteiger partial charge is 0.223 e. The second-order valence-corrected chi connectivity index (χ2v) is 9.28. The first-order valence-electron chi connectivity index (χ1n) is 10.6. The summed E-state index contributed by atoms with van der Waals surface area (Å²) in [7, 11) is 4.21. The molecule has 0 aromatic heterocycles. The SMILES string of the molecule is CCc1ccc(C(CNC(=O)C2C3CC4CC(C3)CC2C4)N(C)C)cc1. The average Bonchev–Trinajstić information content (AvgIpc) is 2.61. The highest BCUT2D eigenvalue weighted by Gasteiger charge is 2.50. The highest BCUT2D eigenvalue weighted by atomic mass is 16.1. The number of likely N-dealkylation sites (N-methyl/N-ethyl adjacent to an activating group) is 1. The molecule has 3 nitrogen and oxygen atoms in total. The Labute approximate surface area is 158 Å². The standard InChI is InChI=1S/C23H34N2O/c1-4-15-5-7-18(8-6-15)21(25(2)3)14-24-23(26)22-19-10-16-9-17(12-19)13-20(22)11-16/h5-8,16-17,19-22H,4,9-14H2,1-3H3,(H,24,26). The van der Waals surface area contributed by atoms with Gasteiger partial charge in [0.15, 0.2) is 0 Å². The van der Waals surface area contributed by atoms with Crippen LogP contribution in [-0.4, -0.2) is 31.4 Å². The number of benzene rings is 1. The van der Waals surface area contributed by atoms with Crippen molar-refractivity contribution in [1.29, 1.82) is 0 Å². The van der Waals surface area contributed by atoms with E-state index < -0.39 is 0 Å². The van der Waals surface area contributed by atoms with Crippen LogP contribution in [-0.2, 0) is 11.2 Å². The van der Waals surface area contributed by atoms with E-state index in [-0.39, 0.29) is 12.0 Å². The summed E-state index contributed by atoms with van der Waals surface area (Å²) in [5.41, 5.74) is 2.65. The molecule has 1 aromatic carbocycles. The summed E-state index contributed by atoms with van der Waals surface area (Å²) in [5.74, 6) is 3.78. The number of hydrogen-bond donors (Lipinski definition) is 1. The second kappa shape index (κ2) is 7.34. The number of hydrogen-bond acceptors (Lipinski definition) is 2. The van der Waals surface area contributed by atoms with Crippen LogP contribution >= 0.6 is 0 Å². The first kappa shape index (κ1) is 18.0. The zero-order chi connectivity index (χ0) is 18.3. The minimum absolute atomic E-state index is 0.238. The fourth-order valence-corrected chi connectivity index (χ4v) is 6.24. The van der Waals surface area contributed by atoms with Crippen LogP contribution in [0.1, 0.15) is 56.2 Å². The highest BCUT2D eigenvalue weighted by Crippen LogP contribution is 2.56. The molecule has 4 aliphatic carbocycles. The molecular weight excluding hydrogens is 320 g/mol. The molecule has 1 unspecified atom stereocenters. The van der Waals surface area contributed by atoms with Gasteiger partial charge >= 0.3 is 0 Å². The lowest BCUT2D eigenvalue weighted by Gasteiger charge is -2.53. The van der Waals surface area contributed by atoms with Gasteiger partial charge in [-0.05, 0) is 87.4 Å². The van der Waals surface area contributed by atoms with Gasteiger partial charge in [-0.25, -0.2) is 0 Å². The maximum absolute atomic E-state index is 13.1. The summed E-state index contributed by atoms with van der Waals surface area (Å²) in [5, 5.41) is 3.34. The lowest BCUT2D eigenvalue weighted by Crippen LogP contribution is -2.51. The van der Waals surface area contributed by atoms with Crippen molar-refractivity contribution in [2.24, 2.45) is 29.6 Å². The average molecular weight is 355 g/mol. The van der Waals surface area contributed by atoms with E-state index in [0.29, 0.717) is 24.3 Å². The van der Waals surface area contributed by atoms with Gasteiger partial charge < -0.3 is 10.2 Å². The van der Waals surface area contributed by atoms with Gasteiger partial charge in [0.2, 0.25) is 5.91 Å². The largest absolute Gasteiger partial charge is 0.354 e. The number of nitrogens with one attached hydrogen (secondary N) is 1. The molecule has 3 heteroatoms. The van der Waals surface area contributed by atoms with Crippen LogP contribution in [0.2, 0.25) is 0 Å². The van der Waals surface area contributed by atoms with Crippen LogP contribution in [0.4, 0.5) is 0 Å². The van der Waals surface area contributed by atoms with Gasteiger partial charge in [0.25, 0.3) is 0 Å². The Morgan fingerprint density at radius 2 is 1.62 bits per heavy atom. The molecule has 0 saturated heterocycles. The molecule has 4 aliphatic rings. The van der Waals surface area contributed by atoms with Crippen LogP contribution in [0.25, 0.3) is 0 Å². The van der Waals surface area contributed by atoms with Gasteiger partial charge in [-0.3, -0.25) is 4.79 Å². The van der Waals surface area contributed by atoms with Crippen LogP contribution in [0, 0.1) is 29.6 Å². The van der Waals surface area contributed by atoms with Crippen molar-refractivity contribution < 1.29 is 4.79 Å². The lowest BCUT2D eigenvalue weighted by molar-refractivity contribution is -0.138. The lowest BCUT2D eigenvalue weighted by atomic mass is 9.51. The van der Waals surface area contributed by atoms with Crippen molar-refractivity contribution >= 4 is 5.91 Å². The first-order chi connectivity index (χ1) is 12.5. The number of nitrogens with zero attached hydrogens (tertiary/aromatic N) is 1. The molecule has 4 fully saturated rings. The summed E-state index contributed by atoms with van der Waals surface area (Å²) >= 11 is 0. The van der Waals surface area contributed by atoms with E-state index in [2.05, 4.69) is 55.5 Å². The van der Waals surface area contributed by atoms with E-state index in [1.807, 2.05) is 0 Å². The minimum atomic E-state index is 0.238. The maximum atomic E-state index is 13.1. The van der Waals surface area contributed by atoms with E-state index >= 15 is 0 Å². The van der Waals surface area contributed by atoms with Crippen molar-refractivity contribution in [3.05, 3.63) is 35.4 Å². The Morgan fingerprint density at radius 1 is 1.04 bits per heavy atom. The molecule has 26 heavy (non-hydrogen) atoms. The fraction of sp³-hybridized carbons (Fsp3) is 0.696. The monoisotopic (exact) mass is 354 g/mol. The van der Waals surface area contributed by atoms with Crippen molar-refractivity contribution in [3.63, 3.8) is 0 Å². The third-order valence-corrected chi connectivity index (χ3v) is 7.40. The molecular formula is C23H34N2O. The molecule has 4 bridgehead atoms. The summed E-state index contributed by atoms with van der Waals surface area (Å²) in [4.78, 5) is 15.3. The summed E-state index contributed by atoms with van der Waals surface area (Å²) in [6.07, 6.45) is 7.73. The summed E-state index contributed by atoms with van der Waals surface area (Å²) < 4.78 is 0. The van der Waals surface area contributed by atoms with Gasteiger partial charge in [0, 0.05) is 12.5 Å². The molecule has 142 valence electrons. The topological polar surface area (TPSA) is 32.3 Å². The van der Waals surface area contributed by atoms with Crippen molar-refractivity contribution in [3.8, 4) is 0 Å². The highest BCUT2D eigenvalue weighted by molar-refractivity contribution is 5.79. The molecule has 0 radical (unpaired) electrons. The van der Waals surface area contributed by atoms with Crippen LogP contribution in [0.3, 0.4) is 0 Å². The Bertz CT molecular complexity index is 608. The van der Waals surface area contributed by atoms with E-state index in [1.54, 1.807) is 0 Å².